The number of hydrogen-bond donors (Lipinski definition) is 3. The van der Waals surface area contributed by atoms with Gasteiger partial charge in [-0.05, 0) is 32.4 Å². The molecule has 2 aliphatic heterocycles. The predicted molar refractivity (Wildman–Crippen MR) is 48.1 cm³/mol. The van der Waals surface area contributed by atoms with Gasteiger partial charge in [0.1, 0.15) is 0 Å². The standard InChI is InChI=1S/C9H18N2O/c12-9(4-6-10-7-9)8-3-1-2-5-11-8/h8,10-12H,1-7H2. The summed E-state index contributed by atoms with van der Waals surface area (Å²) in [7, 11) is 0. The Hall–Kier alpha value is -0.120. The van der Waals surface area contributed by atoms with Gasteiger partial charge in [0.15, 0.2) is 0 Å². The van der Waals surface area contributed by atoms with E-state index in [-0.39, 0.29) is 0 Å². The van der Waals surface area contributed by atoms with E-state index in [0.29, 0.717) is 6.04 Å². The van der Waals surface area contributed by atoms with Crippen molar-refractivity contribution in [1.29, 1.82) is 0 Å². The van der Waals surface area contributed by atoms with Gasteiger partial charge < -0.3 is 15.7 Å². The minimum Gasteiger partial charge on any atom is -0.387 e. The Morgan fingerprint density at radius 3 is 2.75 bits per heavy atom. The van der Waals surface area contributed by atoms with Gasteiger partial charge >= 0.3 is 0 Å². The Balaban J connectivity index is 1.96. The molecule has 2 atom stereocenters. The highest BCUT2D eigenvalue weighted by Gasteiger charge is 2.39. The van der Waals surface area contributed by atoms with Crippen molar-refractivity contribution >= 4 is 0 Å². The summed E-state index contributed by atoms with van der Waals surface area (Å²) in [4.78, 5) is 0. The first kappa shape index (κ1) is 8.48. The molecule has 0 aliphatic carbocycles. The summed E-state index contributed by atoms with van der Waals surface area (Å²) in [6.45, 7) is 2.81. The number of hydrogen-bond acceptors (Lipinski definition) is 3. The van der Waals surface area contributed by atoms with Crippen LogP contribution >= 0.6 is 0 Å². The predicted octanol–water partition coefficient (Wildman–Crippen LogP) is -0.147. The molecule has 0 spiro atoms. The lowest BCUT2D eigenvalue weighted by Gasteiger charge is -2.35. The van der Waals surface area contributed by atoms with E-state index >= 15 is 0 Å². The lowest BCUT2D eigenvalue weighted by molar-refractivity contribution is 0.0114. The van der Waals surface area contributed by atoms with Gasteiger partial charge in [0.2, 0.25) is 0 Å². The summed E-state index contributed by atoms with van der Waals surface area (Å²) >= 11 is 0. The molecule has 0 aromatic rings. The van der Waals surface area contributed by atoms with E-state index in [1.54, 1.807) is 0 Å². The van der Waals surface area contributed by atoms with Crippen LogP contribution in [0.2, 0.25) is 0 Å². The third-order valence-corrected chi connectivity index (χ3v) is 3.12. The van der Waals surface area contributed by atoms with E-state index in [1.165, 1.54) is 12.8 Å². The fourth-order valence-electron chi connectivity index (χ4n) is 2.31. The van der Waals surface area contributed by atoms with Crippen molar-refractivity contribution < 1.29 is 5.11 Å². The van der Waals surface area contributed by atoms with Crippen molar-refractivity contribution in [3.8, 4) is 0 Å². The molecule has 12 heavy (non-hydrogen) atoms. The van der Waals surface area contributed by atoms with Crippen LogP contribution in [0.1, 0.15) is 25.7 Å². The van der Waals surface area contributed by atoms with Crippen molar-refractivity contribution in [3.63, 3.8) is 0 Å². The summed E-state index contributed by atoms with van der Waals surface area (Å²) in [5.74, 6) is 0. The minimum absolute atomic E-state index is 0.334. The zero-order chi connectivity index (χ0) is 8.44. The van der Waals surface area contributed by atoms with Crippen LogP contribution < -0.4 is 10.6 Å². The molecule has 0 saturated carbocycles. The zero-order valence-electron chi connectivity index (χ0n) is 7.47. The number of rotatable bonds is 1. The second-order valence-corrected chi connectivity index (χ2v) is 4.03. The molecule has 2 heterocycles. The molecular formula is C9H18N2O. The smallest absolute Gasteiger partial charge is 0.0935 e. The van der Waals surface area contributed by atoms with Crippen LogP contribution in [0.5, 0.6) is 0 Å². The topological polar surface area (TPSA) is 44.3 Å². The summed E-state index contributed by atoms with van der Waals surface area (Å²) in [5.41, 5.74) is -0.458. The molecule has 3 nitrogen and oxygen atoms in total. The molecule has 0 bridgehead atoms. The van der Waals surface area contributed by atoms with Gasteiger partial charge in [0, 0.05) is 12.6 Å². The van der Waals surface area contributed by atoms with E-state index in [9.17, 15) is 5.11 Å². The zero-order valence-corrected chi connectivity index (χ0v) is 7.47. The first-order valence-corrected chi connectivity index (χ1v) is 4.98. The maximum atomic E-state index is 10.2. The van der Waals surface area contributed by atoms with Gasteiger partial charge in [-0.2, -0.15) is 0 Å². The van der Waals surface area contributed by atoms with Crippen molar-refractivity contribution in [1.82, 2.24) is 10.6 Å². The molecule has 0 amide bonds. The highest BCUT2D eigenvalue weighted by molar-refractivity contribution is 4.98. The fraction of sp³-hybridized carbons (Fsp3) is 1.00. The van der Waals surface area contributed by atoms with Crippen molar-refractivity contribution in [3.05, 3.63) is 0 Å². The van der Waals surface area contributed by atoms with E-state index in [2.05, 4.69) is 10.6 Å². The Morgan fingerprint density at radius 2 is 2.17 bits per heavy atom. The molecule has 2 fully saturated rings. The van der Waals surface area contributed by atoms with Gasteiger partial charge in [0.25, 0.3) is 0 Å². The second kappa shape index (κ2) is 3.32. The van der Waals surface area contributed by atoms with Crippen LogP contribution in [0.15, 0.2) is 0 Å². The average molecular weight is 170 g/mol. The third kappa shape index (κ3) is 1.49. The molecular weight excluding hydrogens is 152 g/mol. The molecule has 0 aromatic heterocycles. The minimum atomic E-state index is -0.458. The number of piperidine rings is 1. The summed E-state index contributed by atoms with van der Waals surface area (Å²) in [5, 5.41) is 16.8. The molecule has 70 valence electrons. The lowest BCUT2D eigenvalue weighted by Crippen LogP contribution is -2.54. The Kier molecular flexibility index (Phi) is 2.35. The van der Waals surface area contributed by atoms with Crippen molar-refractivity contribution in [2.24, 2.45) is 0 Å². The van der Waals surface area contributed by atoms with Gasteiger partial charge in [-0.25, -0.2) is 0 Å². The van der Waals surface area contributed by atoms with Gasteiger partial charge in [-0.15, -0.1) is 0 Å². The molecule has 3 N–H and O–H groups in total. The highest BCUT2D eigenvalue weighted by atomic mass is 16.3. The van der Waals surface area contributed by atoms with Gasteiger partial charge in [-0.1, -0.05) is 6.42 Å². The van der Waals surface area contributed by atoms with Crippen molar-refractivity contribution in [2.45, 2.75) is 37.3 Å². The van der Waals surface area contributed by atoms with Crippen LogP contribution in [-0.4, -0.2) is 36.4 Å². The molecule has 0 aromatic carbocycles. The molecule has 2 unspecified atom stereocenters. The first-order chi connectivity index (χ1) is 5.81. The number of nitrogens with one attached hydrogen (secondary N) is 2. The Bertz CT molecular complexity index is 149. The lowest BCUT2D eigenvalue weighted by atomic mass is 9.87. The molecule has 2 saturated heterocycles. The second-order valence-electron chi connectivity index (χ2n) is 4.03. The van der Waals surface area contributed by atoms with E-state index < -0.39 is 5.60 Å². The molecule has 3 heteroatoms. The first-order valence-electron chi connectivity index (χ1n) is 4.98. The maximum Gasteiger partial charge on any atom is 0.0935 e. The number of aliphatic hydroxyl groups is 1. The SMILES string of the molecule is OC1(C2CCCCN2)CCNC1. The largest absolute Gasteiger partial charge is 0.387 e. The van der Waals surface area contributed by atoms with Crippen molar-refractivity contribution in [2.75, 3.05) is 19.6 Å². The fourth-order valence-corrected chi connectivity index (χ4v) is 2.31. The van der Waals surface area contributed by atoms with E-state index in [0.717, 1.165) is 32.5 Å². The van der Waals surface area contributed by atoms with Crippen LogP contribution in [0.4, 0.5) is 0 Å². The van der Waals surface area contributed by atoms with Crippen LogP contribution in [0, 0.1) is 0 Å². The normalized spacial score (nSPS) is 43.2. The van der Waals surface area contributed by atoms with E-state index in [1.807, 2.05) is 0 Å². The van der Waals surface area contributed by atoms with Crippen LogP contribution in [-0.2, 0) is 0 Å². The Labute approximate surface area is 73.5 Å². The molecule has 2 aliphatic rings. The molecule has 0 radical (unpaired) electrons. The van der Waals surface area contributed by atoms with Gasteiger partial charge in [-0.3, -0.25) is 0 Å². The van der Waals surface area contributed by atoms with Gasteiger partial charge in [0.05, 0.1) is 5.60 Å². The molecule has 2 rings (SSSR count). The van der Waals surface area contributed by atoms with E-state index in [4.69, 9.17) is 0 Å². The average Bonchev–Trinajstić information content (AvgIpc) is 2.55. The monoisotopic (exact) mass is 170 g/mol. The van der Waals surface area contributed by atoms with Crippen LogP contribution in [0.25, 0.3) is 0 Å². The maximum absolute atomic E-state index is 10.2. The van der Waals surface area contributed by atoms with Crippen LogP contribution in [0.3, 0.4) is 0 Å². The summed E-state index contributed by atoms with van der Waals surface area (Å²) in [6.07, 6.45) is 4.57. The third-order valence-electron chi connectivity index (χ3n) is 3.12. The highest BCUT2D eigenvalue weighted by Crippen LogP contribution is 2.24. The quantitative estimate of drug-likeness (QED) is 0.513. The summed E-state index contributed by atoms with van der Waals surface area (Å²) in [6, 6.07) is 0.334. The Morgan fingerprint density at radius 1 is 1.25 bits per heavy atom. The summed E-state index contributed by atoms with van der Waals surface area (Å²) < 4.78 is 0. The number of β-amino-alcohol motifs (C(OH)–C–C–N with tert-alkyl or cyclic N) is 1.